The lowest BCUT2D eigenvalue weighted by atomic mass is 10.2. The van der Waals surface area contributed by atoms with E-state index in [0.29, 0.717) is 5.57 Å². The van der Waals surface area contributed by atoms with Crippen molar-refractivity contribution in [3.63, 3.8) is 0 Å². The molecule has 0 atom stereocenters. The van der Waals surface area contributed by atoms with Crippen molar-refractivity contribution < 1.29 is 19.8 Å². The molecule has 0 aromatic heterocycles. The number of allylic oxidation sites excluding steroid dienone is 4. The first-order valence-corrected chi connectivity index (χ1v) is 4.36. The minimum absolute atomic E-state index is 0.209. The summed E-state index contributed by atoms with van der Waals surface area (Å²) in [5.74, 6) is 6.30. The van der Waals surface area contributed by atoms with Crippen molar-refractivity contribution in [1.82, 2.24) is 0 Å². The minimum Gasteiger partial charge on any atom is -0.472 e. The summed E-state index contributed by atoms with van der Waals surface area (Å²) in [6.45, 7) is 1.76. The van der Waals surface area contributed by atoms with Gasteiger partial charge in [-0.15, -0.1) is 0 Å². The second-order valence-electron chi connectivity index (χ2n) is 2.53. The maximum absolute atomic E-state index is 10.2. The molecule has 0 saturated carbocycles. The molecule has 0 saturated heterocycles. The van der Waals surface area contributed by atoms with Crippen molar-refractivity contribution in [3.05, 3.63) is 23.8 Å². The average molecular weight is 218 g/mol. The summed E-state index contributed by atoms with van der Waals surface area (Å²) in [6.07, 6.45) is 5.09. The third-order valence-electron chi connectivity index (χ3n) is 1.28. The number of hydrogen-bond donors (Lipinski definition) is 2. The highest BCUT2D eigenvalue weighted by Crippen LogP contribution is 1.97. The van der Waals surface area contributed by atoms with Gasteiger partial charge in [0.25, 0.3) is 0 Å². The SMILES string of the molecule is C/C=C\C(C#CC(=O)O)=C/CC#CC(=O)O. The van der Waals surface area contributed by atoms with Gasteiger partial charge < -0.3 is 10.2 Å². The Bertz CT molecular complexity index is 447. The molecule has 0 aromatic rings. The van der Waals surface area contributed by atoms with Crippen molar-refractivity contribution in [2.24, 2.45) is 0 Å². The molecule has 0 aromatic carbocycles. The van der Waals surface area contributed by atoms with Gasteiger partial charge >= 0.3 is 11.9 Å². The van der Waals surface area contributed by atoms with Gasteiger partial charge in [0, 0.05) is 23.8 Å². The number of hydrogen-bond acceptors (Lipinski definition) is 2. The fourth-order valence-electron chi connectivity index (χ4n) is 0.754. The summed E-state index contributed by atoms with van der Waals surface area (Å²) in [5.41, 5.74) is 0.490. The molecule has 0 aliphatic heterocycles. The van der Waals surface area contributed by atoms with E-state index in [9.17, 15) is 9.59 Å². The van der Waals surface area contributed by atoms with E-state index in [1.54, 1.807) is 25.2 Å². The molecule has 0 fully saturated rings. The second-order valence-corrected chi connectivity index (χ2v) is 2.53. The van der Waals surface area contributed by atoms with Crippen LogP contribution in [-0.2, 0) is 9.59 Å². The summed E-state index contributed by atoms with van der Waals surface area (Å²) >= 11 is 0. The predicted molar refractivity (Wildman–Crippen MR) is 58.3 cm³/mol. The molecular formula is C12H10O4. The zero-order valence-electron chi connectivity index (χ0n) is 8.65. The van der Waals surface area contributed by atoms with E-state index in [-0.39, 0.29) is 6.42 Å². The predicted octanol–water partition coefficient (Wildman–Crippen LogP) is 1.06. The molecule has 0 bridgehead atoms. The molecule has 0 spiro atoms. The van der Waals surface area contributed by atoms with E-state index in [1.165, 1.54) is 0 Å². The molecule has 4 heteroatoms. The molecule has 2 N–H and O–H groups in total. The Hall–Kier alpha value is -2.46. The van der Waals surface area contributed by atoms with Crippen LogP contribution in [0.5, 0.6) is 0 Å². The molecule has 0 amide bonds. The van der Waals surface area contributed by atoms with Crippen LogP contribution in [0.1, 0.15) is 13.3 Å². The van der Waals surface area contributed by atoms with Gasteiger partial charge in [0.2, 0.25) is 0 Å². The summed E-state index contributed by atoms with van der Waals surface area (Å²) < 4.78 is 0. The van der Waals surface area contributed by atoms with E-state index in [1.807, 2.05) is 11.8 Å². The summed E-state index contributed by atoms with van der Waals surface area (Å²) in [5, 5.41) is 16.6. The van der Waals surface area contributed by atoms with E-state index in [2.05, 4.69) is 11.8 Å². The lowest BCUT2D eigenvalue weighted by molar-refractivity contribution is -0.131. The summed E-state index contributed by atoms with van der Waals surface area (Å²) in [6, 6.07) is 0. The van der Waals surface area contributed by atoms with Gasteiger partial charge in [0.05, 0.1) is 0 Å². The number of rotatable bonds is 2. The van der Waals surface area contributed by atoms with Crippen molar-refractivity contribution >= 4 is 11.9 Å². The number of carboxylic acids is 2. The van der Waals surface area contributed by atoms with E-state index < -0.39 is 11.9 Å². The average Bonchev–Trinajstić information content (AvgIpc) is 2.20. The van der Waals surface area contributed by atoms with Crippen LogP contribution in [0, 0.1) is 23.7 Å². The Morgan fingerprint density at radius 1 is 1.12 bits per heavy atom. The van der Waals surface area contributed by atoms with Gasteiger partial charge in [-0.3, -0.25) is 0 Å². The largest absolute Gasteiger partial charge is 0.472 e. The third-order valence-corrected chi connectivity index (χ3v) is 1.28. The molecule has 0 heterocycles. The maximum Gasteiger partial charge on any atom is 0.382 e. The van der Waals surface area contributed by atoms with Gasteiger partial charge in [-0.2, -0.15) is 0 Å². The Kier molecular flexibility index (Phi) is 6.68. The first kappa shape index (κ1) is 13.5. The summed E-state index contributed by atoms with van der Waals surface area (Å²) in [4.78, 5) is 20.3. The quantitative estimate of drug-likeness (QED) is 0.536. The Labute approximate surface area is 93.3 Å². The molecule has 0 aliphatic carbocycles. The Morgan fingerprint density at radius 2 is 1.75 bits per heavy atom. The molecule has 0 radical (unpaired) electrons. The molecule has 82 valence electrons. The van der Waals surface area contributed by atoms with Crippen LogP contribution in [0.25, 0.3) is 0 Å². The standard InChI is InChI=1S/C12H10O4/c1-2-5-10(8-9-12(15)16)6-3-4-7-11(13)14/h2,5-6H,3H2,1H3,(H,13,14)(H,15,16)/b5-2-,10-6+. The highest BCUT2D eigenvalue weighted by molar-refractivity contribution is 5.87. The normalized spacial score (nSPS) is 9.94. The van der Waals surface area contributed by atoms with E-state index in [4.69, 9.17) is 10.2 Å². The zero-order valence-corrected chi connectivity index (χ0v) is 8.65. The van der Waals surface area contributed by atoms with Crippen LogP contribution < -0.4 is 0 Å². The molecule has 0 rings (SSSR count). The van der Waals surface area contributed by atoms with E-state index in [0.717, 1.165) is 0 Å². The van der Waals surface area contributed by atoms with E-state index >= 15 is 0 Å². The lowest BCUT2D eigenvalue weighted by Gasteiger charge is -1.86. The smallest absolute Gasteiger partial charge is 0.382 e. The van der Waals surface area contributed by atoms with Crippen LogP contribution in [0.15, 0.2) is 23.8 Å². The second kappa shape index (κ2) is 7.90. The highest BCUT2D eigenvalue weighted by atomic mass is 16.4. The number of carboxylic acid groups (broad SMARTS) is 2. The van der Waals surface area contributed by atoms with Crippen LogP contribution >= 0.6 is 0 Å². The van der Waals surface area contributed by atoms with Gasteiger partial charge in [0.1, 0.15) is 0 Å². The fraction of sp³-hybridized carbons (Fsp3) is 0.167. The molecule has 0 aliphatic rings. The Morgan fingerprint density at radius 3 is 2.25 bits per heavy atom. The van der Waals surface area contributed by atoms with Crippen molar-refractivity contribution in [2.45, 2.75) is 13.3 Å². The molecule has 16 heavy (non-hydrogen) atoms. The maximum atomic E-state index is 10.2. The first-order chi connectivity index (χ1) is 7.56. The zero-order chi connectivity index (χ0) is 12.4. The highest BCUT2D eigenvalue weighted by Gasteiger charge is 1.88. The third kappa shape index (κ3) is 8.15. The van der Waals surface area contributed by atoms with Crippen LogP contribution in [0.2, 0.25) is 0 Å². The van der Waals surface area contributed by atoms with Crippen molar-refractivity contribution in [1.29, 1.82) is 0 Å². The van der Waals surface area contributed by atoms with Crippen molar-refractivity contribution in [2.75, 3.05) is 0 Å². The number of carbonyl (C=O) groups is 2. The fourth-order valence-corrected chi connectivity index (χ4v) is 0.754. The van der Waals surface area contributed by atoms with Gasteiger partial charge in [0.15, 0.2) is 0 Å². The minimum atomic E-state index is -1.22. The van der Waals surface area contributed by atoms with Gasteiger partial charge in [-0.25, -0.2) is 9.59 Å². The van der Waals surface area contributed by atoms with Crippen LogP contribution in [0.3, 0.4) is 0 Å². The molecular weight excluding hydrogens is 208 g/mol. The van der Waals surface area contributed by atoms with Crippen LogP contribution in [0.4, 0.5) is 0 Å². The van der Waals surface area contributed by atoms with Crippen molar-refractivity contribution in [3.8, 4) is 23.7 Å². The monoisotopic (exact) mass is 218 g/mol. The first-order valence-electron chi connectivity index (χ1n) is 4.36. The summed E-state index contributed by atoms with van der Waals surface area (Å²) in [7, 11) is 0. The molecule has 0 unspecified atom stereocenters. The number of aliphatic carboxylic acids is 2. The van der Waals surface area contributed by atoms with Gasteiger partial charge in [-0.05, 0) is 6.92 Å². The topological polar surface area (TPSA) is 74.6 Å². The Balaban J connectivity index is 4.64. The molecule has 4 nitrogen and oxygen atoms in total. The lowest BCUT2D eigenvalue weighted by Crippen LogP contribution is -1.87. The van der Waals surface area contributed by atoms with Gasteiger partial charge in [-0.1, -0.05) is 30.1 Å². The van der Waals surface area contributed by atoms with Crippen LogP contribution in [-0.4, -0.2) is 22.2 Å².